The number of ether oxygens (including phenoxy) is 3. The molecule has 0 bridgehead atoms. The SMILES string of the molecule is COc1cc(N2CCC3(CC2)CN(C(=O)OCc2ccccc2)CCO3)ccc1Nc1ncnc(Nc2ccccc2S(=O)(=O)C(C)C)n1. The number of amides is 1. The minimum absolute atomic E-state index is 0.175. The minimum atomic E-state index is -3.53. The molecule has 3 heterocycles. The Morgan fingerprint density at radius 2 is 1.63 bits per heavy atom. The number of carbonyl (C=O) groups is 1. The van der Waals surface area contributed by atoms with Crippen molar-refractivity contribution in [1.82, 2.24) is 19.9 Å². The summed E-state index contributed by atoms with van der Waals surface area (Å²) in [6, 6.07) is 22.2. The van der Waals surface area contributed by atoms with Crippen molar-refractivity contribution in [2.45, 2.75) is 49.0 Å². The molecule has 0 aliphatic carbocycles. The minimum Gasteiger partial charge on any atom is -0.494 e. The molecule has 0 unspecified atom stereocenters. The first-order valence-electron chi connectivity index (χ1n) is 16.2. The molecule has 2 N–H and O–H groups in total. The van der Waals surface area contributed by atoms with Gasteiger partial charge in [-0.1, -0.05) is 42.5 Å². The number of hydrogen-bond donors (Lipinski definition) is 2. The topological polar surface area (TPSA) is 148 Å². The third-order valence-corrected chi connectivity index (χ3v) is 11.0. The first-order chi connectivity index (χ1) is 23.7. The van der Waals surface area contributed by atoms with E-state index in [1.54, 1.807) is 50.1 Å². The maximum absolute atomic E-state index is 12.9. The quantitative estimate of drug-likeness (QED) is 0.215. The summed E-state index contributed by atoms with van der Waals surface area (Å²) in [7, 11) is -1.93. The second kappa shape index (κ2) is 14.7. The zero-order valence-corrected chi connectivity index (χ0v) is 28.7. The number of benzene rings is 3. The molecule has 1 amide bonds. The Kier molecular flexibility index (Phi) is 10.2. The molecule has 1 aromatic heterocycles. The third-order valence-electron chi connectivity index (χ3n) is 8.82. The molecule has 0 radical (unpaired) electrons. The molecular formula is C35H41N7O6S. The molecule has 3 aromatic carbocycles. The molecule has 49 heavy (non-hydrogen) atoms. The molecule has 4 aromatic rings. The van der Waals surface area contributed by atoms with Crippen molar-refractivity contribution in [2.24, 2.45) is 0 Å². The van der Waals surface area contributed by atoms with Crippen LogP contribution < -0.4 is 20.3 Å². The summed E-state index contributed by atoms with van der Waals surface area (Å²) >= 11 is 0. The van der Waals surface area contributed by atoms with Gasteiger partial charge in [0.15, 0.2) is 9.84 Å². The zero-order valence-electron chi connectivity index (χ0n) is 27.8. The van der Waals surface area contributed by atoms with E-state index in [9.17, 15) is 13.2 Å². The number of morpholine rings is 1. The predicted octanol–water partition coefficient (Wildman–Crippen LogP) is 5.56. The number of sulfone groups is 1. The van der Waals surface area contributed by atoms with Gasteiger partial charge in [0.1, 0.15) is 18.7 Å². The molecule has 14 heteroatoms. The van der Waals surface area contributed by atoms with E-state index in [2.05, 4.69) is 30.5 Å². The Morgan fingerprint density at radius 1 is 0.939 bits per heavy atom. The van der Waals surface area contributed by atoms with Gasteiger partial charge in [0.05, 0.1) is 47.4 Å². The van der Waals surface area contributed by atoms with Gasteiger partial charge in [0, 0.05) is 31.4 Å². The van der Waals surface area contributed by atoms with E-state index in [1.807, 2.05) is 48.5 Å². The average molecular weight is 688 g/mol. The van der Waals surface area contributed by atoms with Crippen molar-refractivity contribution in [1.29, 1.82) is 0 Å². The monoisotopic (exact) mass is 687 g/mol. The van der Waals surface area contributed by atoms with Crippen molar-refractivity contribution in [2.75, 3.05) is 55.4 Å². The van der Waals surface area contributed by atoms with Gasteiger partial charge in [-0.2, -0.15) is 4.98 Å². The Hall–Kier alpha value is -4.95. The van der Waals surface area contributed by atoms with Gasteiger partial charge < -0.3 is 34.6 Å². The number of methoxy groups -OCH3 is 1. The zero-order chi connectivity index (χ0) is 34.4. The second-order valence-corrected chi connectivity index (χ2v) is 14.8. The van der Waals surface area contributed by atoms with Crippen LogP contribution in [-0.2, 0) is 25.9 Å². The number of para-hydroxylation sites is 1. The number of rotatable bonds is 10. The Bertz CT molecular complexity index is 1870. The normalized spacial score (nSPS) is 16.0. The number of aromatic nitrogens is 3. The van der Waals surface area contributed by atoms with Gasteiger partial charge in [0.2, 0.25) is 11.9 Å². The van der Waals surface area contributed by atoms with E-state index in [1.165, 1.54) is 6.33 Å². The number of carbonyl (C=O) groups excluding carboxylic acids is 1. The average Bonchev–Trinajstić information content (AvgIpc) is 3.12. The van der Waals surface area contributed by atoms with Crippen LogP contribution in [0.5, 0.6) is 5.75 Å². The molecular weight excluding hydrogens is 646 g/mol. The summed E-state index contributed by atoms with van der Waals surface area (Å²) in [5, 5.41) is 5.64. The second-order valence-electron chi connectivity index (χ2n) is 12.3. The lowest BCUT2D eigenvalue weighted by molar-refractivity contribution is -0.115. The van der Waals surface area contributed by atoms with Crippen LogP contribution in [0.3, 0.4) is 0 Å². The highest BCUT2D eigenvalue weighted by atomic mass is 32.2. The van der Waals surface area contributed by atoms with Crippen LogP contribution >= 0.6 is 0 Å². The summed E-state index contributed by atoms with van der Waals surface area (Å²) in [5.74, 6) is 1.05. The number of hydrogen-bond acceptors (Lipinski definition) is 12. The summed E-state index contributed by atoms with van der Waals surface area (Å²) in [4.78, 5) is 30.0. The Morgan fingerprint density at radius 3 is 2.35 bits per heavy atom. The largest absolute Gasteiger partial charge is 0.494 e. The third kappa shape index (κ3) is 7.86. The van der Waals surface area contributed by atoms with E-state index >= 15 is 0 Å². The molecule has 13 nitrogen and oxygen atoms in total. The first-order valence-corrected chi connectivity index (χ1v) is 17.8. The van der Waals surface area contributed by atoms with Crippen molar-refractivity contribution in [3.8, 4) is 5.75 Å². The van der Waals surface area contributed by atoms with E-state index in [0.717, 1.165) is 37.2 Å². The van der Waals surface area contributed by atoms with Crippen LogP contribution in [0, 0.1) is 0 Å². The van der Waals surface area contributed by atoms with Gasteiger partial charge in [-0.15, -0.1) is 0 Å². The fraction of sp³-hybridized carbons (Fsp3) is 0.371. The summed E-state index contributed by atoms with van der Waals surface area (Å²) in [6.07, 6.45) is 2.56. The molecule has 1 spiro atoms. The smallest absolute Gasteiger partial charge is 0.410 e. The van der Waals surface area contributed by atoms with Crippen molar-refractivity contribution < 1.29 is 27.4 Å². The van der Waals surface area contributed by atoms with Gasteiger partial charge in [-0.25, -0.2) is 23.2 Å². The summed E-state index contributed by atoms with van der Waals surface area (Å²) in [5.41, 5.74) is 2.58. The van der Waals surface area contributed by atoms with Gasteiger partial charge in [-0.05, 0) is 56.5 Å². The van der Waals surface area contributed by atoms with Crippen LogP contribution in [0.2, 0.25) is 0 Å². The van der Waals surface area contributed by atoms with Crippen molar-refractivity contribution >= 4 is 44.9 Å². The van der Waals surface area contributed by atoms with Gasteiger partial charge in [0.25, 0.3) is 0 Å². The van der Waals surface area contributed by atoms with Crippen LogP contribution in [0.15, 0.2) is 84.0 Å². The van der Waals surface area contributed by atoms with Crippen molar-refractivity contribution in [3.63, 3.8) is 0 Å². The highest BCUT2D eigenvalue weighted by molar-refractivity contribution is 7.92. The Labute approximate surface area is 286 Å². The van der Waals surface area contributed by atoms with E-state index in [0.29, 0.717) is 36.8 Å². The lowest BCUT2D eigenvalue weighted by Gasteiger charge is -2.47. The van der Waals surface area contributed by atoms with Crippen LogP contribution in [-0.4, -0.2) is 85.1 Å². The molecule has 2 fully saturated rings. The molecule has 2 aliphatic rings. The molecule has 6 rings (SSSR count). The van der Waals surface area contributed by atoms with Crippen LogP contribution in [0.4, 0.5) is 33.8 Å². The highest BCUT2D eigenvalue weighted by Crippen LogP contribution is 2.36. The fourth-order valence-electron chi connectivity index (χ4n) is 6.00. The lowest BCUT2D eigenvalue weighted by atomic mass is 9.89. The maximum atomic E-state index is 12.9. The summed E-state index contributed by atoms with van der Waals surface area (Å²) in [6.45, 7) is 6.52. The van der Waals surface area contributed by atoms with E-state index in [-0.39, 0.29) is 29.5 Å². The van der Waals surface area contributed by atoms with Crippen LogP contribution in [0.25, 0.3) is 0 Å². The standard InChI is InChI=1S/C35H41N7O6S/c1-25(2)49(44,45)31-12-8-7-11-29(31)39-33-37-24-36-32(40-33)38-28-14-13-27(21-30(28)46-3)41-17-15-35(16-18-41)23-42(19-20-48-35)34(43)47-22-26-9-5-4-6-10-26/h4-14,21,24-25H,15-20,22-23H2,1-3H3,(H2,36,37,38,39,40). The molecule has 2 saturated heterocycles. The fourth-order valence-corrected chi connectivity index (χ4v) is 7.20. The van der Waals surface area contributed by atoms with Gasteiger partial charge in [-0.3, -0.25) is 0 Å². The van der Waals surface area contributed by atoms with Gasteiger partial charge >= 0.3 is 6.09 Å². The Balaban J connectivity index is 1.08. The van der Waals surface area contributed by atoms with Crippen LogP contribution in [0.1, 0.15) is 32.3 Å². The lowest BCUT2D eigenvalue weighted by Crippen LogP contribution is -2.58. The molecule has 0 saturated carbocycles. The summed E-state index contributed by atoms with van der Waals surface area (Å²) < 4.78 is 43.4. The predicted molar refractivity (Wildman–Crippen MR) is 186 cm³/mol. The van der Waals surface area contributed by atoms with E-state index in [4.69, 9.17) is 14.2 Å². The molecule has 258 valence electrons. The number of nitrogens with zero attached hydrogens (tertiary/aromatic N) is 5. The molecule has 0 atom stereocenters. The number of piperidine rings is 1. The maximum Gasteiger partial charge on any atom is 0.410 e. The van der Waals surface area contributed by atoms with Crippen molar-refractivity contribution in [3.05, 3.63) is 84.7 Å². The highest BCUT2D eigenvalue weighted by Gasteiger charge is 2.41. The number of nitrogens with one attached hydrogen (secondary N) is 2. The molecule has 2 aliphatic heterocycles. The number of anilines is 5. The van der Waals surface area contributed by atoms with E-state index < -0.39 is 20.7 Å². The first kappa shape index (κ1) is 33.9.